The molecule has 0 radical (unpaired) electrons. The normalized spacial score (nSPS) is 45.1. The molecule has 0 aromatic rings. The molecule has 4 atom stereocenters. The molecule has 12 heavy (non-hydrogen) atoms. The van der Waals surface area contributed by atoms with E-state index in [4.69, 9.17) is 5.11 Å². The van der Waals surface area contributed by atoms with Gasteiger partial charge in [-0.3, -0.25) is 4.79 Å². The van der Waals surface area contributed by atoms with Gasteiger partial charge in [0.2, 0.25) is 0 Å². The fraction of sp³-hybridized carbons (Fsp3) is 0.889. The SMILES string of the molecule is CS[C@@H]1C[C@H]2C[C@@H]1[C@@H](C(=O)O)C2. The van der Waals surface area contributed by atoms with Gasteiger partial charge in [0, 0.05) is 5.25 Å². The zero-order valence-electron chi connectivity index (χ0n) is 7.19. The van der Waals surface area contributed by atoms with Crippen molar-refractivity contribution in [2.75, 3.05) is 6.26 Å². The van der Waals surface area contributed by atoms with Gasteiger partial charge in [0.1, 0.15) is 0 Å². The molecule has 0 heterocycles. The fourth-order valence-electron chi connectivity index (χ4n) is 2.84. The monoisotopic (exact) mass is 186 g/mol. The maximum absolute atomic E-state index is 10.8. The van der Waals surface area contributed by atoms with Gasteiger partial charge in [-0.1, -0.05) is 0 Å². The fourth-order valence-corrected chi connectivity index (χ4v) is 3.96. The van der Waals surface area contributed by atoms with Crippen LogP contribution in [0.5, 0.6) is 0 Å². The maximum atomic E-state index is 10.8. The van der Waals surface area contributed by atoms with E-state index in [0.29, 0.717) is 17.1 Å². The molecule has 0 aromatic heterocycles. The summed E-state index contributed by atoms with van der Waals surface area (Å²) in [5.41, 5.74) is 0. The second-order valence-electron chi connectivity index (χ2n) is 3.96. The third kappa shape index (κ3) is 1.15. The van der Waals surface area contributed by atoms with Crippen molar-refractivity contribution in [1.29, 1.82) is 0 Å². The van der Waals surface area contributed by atoms with Crippen LogP contribution in [0.15, 0.2) is 0 Å². The lowest BCUT2D eigenvalue weighted by molar-refractivity contribution is -0.143. The third-order valence-electron chi connectivity index (χ3n) is 3.37. The van der Waals surface area contributed by atoms with Crippen molar-refractivity contribution < 1.29 is 9.90 Å². The van der Waals surface area contributed by atoms with Crippen molar-refractivity contribution in [3.8, 4) is 0 Å². The van der Waals surface area contributed by atoms with Crippen molar-refractivity contribution in [2.45, 2.75) is 24.5 Å². The Bertz CT molecular complexity index is 205. The van der Waals surface area contributed by atoms with Crippen molar-refractivity contribution >= 4 is 17.7 Å². The predicted molar refractivity (Wildman–Crippen MR) is 49.3 cm³/mol. The highest BCUT2D eigenvalue weighted by molar-refractivity contribution is 7.99. The molecular formula is C9H14O2S. The van der Waals surface area contributed by atoms with E-state index in [1.54, 1.807) is 0 Å². The van der Waals surface area contributed by atoms with Gasteiger partial charge in [0.05, 0.1) is 5.92 Å². The summed E-state index contributed by atoms with van der Waals surface area (Å²) in [6.07, 6.45) is 5.47. The number of rotatable bonds is 2. The van der Waals surface area contributed by atoms with Crippen LogP contribution in [-0.2, 0) is 4.79 Å². The van der Waals surface area contributed by atoms with Crippen LogP contribution in [0.4, 0.5) is 0 Å². The van der Waals surface area contributed by atoms with Crippen LogP contribution in [0.25, 0.3) is 0 Å². The first-order chi connectivity index (χ1) is 5.72. The quantitative estimate of drug-likeness (QED) is 0.715. The van der Waals surface area contributed by atoms with Gasteiger partial charge in [-0.15, -0.1) is 0 Å². The minimum Gasteiger partial charge on any atom is -0.481 e. The molecule has 1 N–H and O–H groups in total. The van der Waals surface area contributed by atoms with Gasteiger partial charge in [0.15, 0.2) is 0 Å². The van der Waals surface area contributed by atoms with Crippen LogP contribution >= 0.6 is 11.8 Å². The molecule has 2 saturated carbocycles. The Labute approximate surface area is 76.7 Å². The second-order valence-corrected chi connectivity index (χ2v) is 5.03. The van der Waals surface area contributed by atoms with Gasteiger partial charge in [0.25, 0.3) is 0 Å². The van der Waals surface area contributed by atoms with Crippen molar-refractivity contribution in [3.63, 3.8) is 0 Å². The predicted octanol–water partition coefficient (Wildman–Crippen LogP) is 1.85. The molecule has 0 unspecified atom stereocenters. The van der Waals surface area contributed by atoms with Crippen LogP contribution < -0.4 is 0 Å². The maximum Gasteiger partial charge on any atom is 0.306 e. The Morgan fingerprint density at radius 1 is 1.42 bits per heavy atom. The molecule has 0 aliphatic heterocycles. The van der Waals surface area contributed by atoms with Gasteiger partial charge in [-0.05, 0) is 37.4 Å². The molecule has 2 bridgehead atoms. The molecule has 0 aromatic carbocycles. The summed E-state index contributed by atoms with van der Waals surface area (Å²) in [6.45, 7) is 0. The van der Waals surface area contributed by atoms with Gasteiger partial charge in [-0.2, -0.15) is 11.8 Å². The number of hydrogen-bond acceptors (Lipinski definition) is 2. The molecule has 2 aliphatic rings. The van der Waals surface area contributed by atoms with E-state index in [2.05, 4.69) is 6.26 Å². The first kappa shape index (κ1) is 8.42. The Morgan fingerprint density at radius 2 is 2.17 bits per heavy atom. The van der Waals surface area contributed by atoms with Gasteiger partial charge in [-0.25, -0.2) is 0 Å². The lowest BCUT2D eigenvalue weighted by atomic mass is 9.88. The largest absolute Gasteiger partial charge is 0.481 e. The summed E-state index contributed by atoms with van der Waals surface area (Å²) < 4.78 is 0. The molecule has 0 saturated heterocycles. The number of aliphatic carboxylic acids is 1. The molecule has 0 spiro atoms. The van der Waals surface area contributed by atoms with Crippen molar-refractivity contribution in [1.82, 2.24) is 0 Å². The van der Waals surface area contributed by atoms with Gasteiger partial charge < -0.3 is 5.11 Å². The number of carboxylic acid groups (broad SMARTS) is 1. The van der Waals surface area contributed by atoms with Crippen molar-refractivity contribution in [3.05, 3.63) is 0 Å². The summed E-state index contributed by atoms with van der Waals surface area (Å²) in [6, 6.07) is 0. The highest BCUT2D eigenvalue weighted by Crippen LogP contribution is 2.52. The highest BCUT2D eigenvalue weighted by atomic mass is 32.2. The Balaban J connectivity index is 2.09. The summed E-state index contributed by atoms with van der Waals surface area (Å²) in [7, 11) is 0. The Hall–Kier alpha value is -0.180. The zero-order valence-corrected chi connectivity index (χ0v) is 8.01. The Morgan fingerprint density at radius 3 is 2.67 bits per heavy atom. The molecule has 2 fully saturated rings. The van der Waals surface area contributed by atoms with E-state index in [0.717, 1.165) is 6.42 Å². The smallest absolute Gasteiger partial charge is 0.306 e. The average Bonchev–Trinajstić information content (AvgIpc) is 2.60. The number of fused-ring (bicyclic) bond motifs is 2. The third-order valence-corrected chi connectivity index (χ3v) is 4.52. The summed E-state index contributed by atoms with van der Waals surface area (Å²) in [5.74, 6) is 0.596. The first-order valence-electron chi connectivity index (χ1n) is 4.48. The molecule has 2 nitrogen and oxygen atoms in total. The van der Waals surface area contributed by atoms with E-state index in [1.807, 2.05) is 11.8 Å². The highest BCUT2D eigenvalue weighted by Gasteiger charge is 2.48. The van der Waals surface area contributed by atoms with Crippen LogP contribution in [0, 0.1) is 17.8 Å². The number of carboxylic acids is 1. The standard InChI is InChI=1S/C9H14O2S/c1-12-8-4-5-2-6(8)7(3-5)9(10)11/h5-8H,2-4H2,1H3,(H,10,11)/t5-,6+,7-,8+/m0/s1. The molecule has 2 rings (SSSR count). The van der Waals surface area contributed by atoms with Gasteiger partial charge >= 0.3 is 5.97 Å². The number of hydrogen-bond donors (Lipinski definition) is 1. The van der Waals surface area contributed by atoms with E-state index in [9.17, 15) is 4.79 Å². The minimum absolute atomic E-state index is 0.0267. The molecule has 2 aliphatic carbocycles. The van der Waals surface area contributed by atoms with Crippen LogP contribution in [0.1, 0.15) is 19.3 Å². The van der Waals surface area contributed by atoms with Crippen molar-refractivity contribution in [2.24, 2.45) is 17.8 Å². The van der Waals surface area contributed by atoms with Crippen LogP contribution in [0.3, 0.4) is 0 Å². The molecular weight excluding hydrogens is 172 g/mol. The van der Waals surface area contributed by atoms with Crippen LogP contribution in [-0.4, -0.2) is 22.6 Å². The first-order valence-corrected chi connectivity index (χ1v) is 5.76. The molecule has 3 heteroatoms. The van der Waals surface area contributed by atoms with E-state index < -0.39 is 5.97 Å². The van der Waals surface area contributed by atoms with Crippen LogP contribution in [0.2, 0.25) is 0 Å². The summed E-state index contributed by atoms with van der Waals surface area (Å²) in [5, 5.41) is 9.57. The lowest BCUT2D eigenvalue weighted by Crippen LogP contribution is -2.27. The van der Waals surface area contributed by atoms with E-state index >= 15 is 0 Å². The topological polar surface area (TPSA) is 37.3 Å². The summed E-state index contributed by atoms with van der Waals surface area (Å²) in [4.78, 5) is 10.8. The molecule has 0 amide bonds. The average molecular weight is 186 g/mol. The van der Waals surface area contributed by atoms with E-state index in [-0.39, 0.29) is 5.92 Å². The minimum atomic E-state index is -0.568. The lowest BCUT2D eigenvalue weighted by Gasteiger charge is -2.24. The van der Waals surface area contributed by atoms with E-state index in [1.165, 1.54) is 12.8 Å². The second kappa shape index (κ2) is 2.95. The number of thioether (sulfide) groups is 1. The molecule has 68 valence electrons. The zero-order chi connectivity index (χ0) is 8.72. The summed E-state index contributed by atoms with van der Waals surface area (Å²) >= 11 is 1.85. The Kier molecular flexibility index (Phi) is 2.07. The number of carbonyl (C=O) groups is 1.